The molecule has 1 aliphatic carbocycles. The minimum atomic E-state index is -0.592. The molecule has 2 heterocycles. The van der Waals surface area contributed by atoms with Gasteiger partial charge in [-0.05, 0) is 65.9 Å². The number of aromatic nitrogens is 2. The van der Waals surface area contributed by atoms with Crippen LogP contribution in [0.5, 0.6) is 11.5 Å². The number of benzene rings is 3. The van der Waals surface area contributed by atoms with E-state index in [1.54, 1.807) is 14.2 Å². The van der Waals surface area contributed by atoms with Gasteiger partial charge in [0, 0.05) is 5.39 Å². The molecule has 5 aromatic rings. The number of hydrogen-bond donors (Lipinski definition) is 1. The second-order valence-corrected chi connectivity index (χ2v) is 10.6. The van der Waals surface area contributed by atoms with Crippen LogP contribution in [0, 0.1) is 11.3 Å². The molecule has 0 saturated heterocycles. The summed E-state index contributed by atoms with van der Waals surface area (Å²) >= 11 is 1.29. The summed E-state index contributed by atoms with van der Waals surface area (Å²) in [5.41, 5.74) is 5.22. The molecular formula is C33H25N3O5S. The highest BCUT2D eigenvalue weighted by Gasteiger charge is 2.28. The van der Waals surface area contributed by atoms with Crippen molar-refractivity contribution in [3.63, 3.8) is 0 Å². The van der Waals surface area contributed by atoms with Crippen LogP contribution in [-0.4, -0.2) is 41.9 Å². The van der Waals surface area contributed by atoms with Gasteiger partial charge in [-0.25, -0.2) is 14.8 Å². The van der Waals surface area contributed by atoms with Crippen molar-refractivity contribution in [2.24, 2.45) is 0 Å². The second kappa shape index (κ2) is 11.4. The standard InChI is InChI=1S/C33H25N3O5S/c1-39-27-14-11-19(16-28(27)40-2)15-20-12-13-22-30(21-7-3-4-8-24(21)35-31(20)22)33(38)41-18-26(37)23(17-34)32-36-25-9-5-6-10-29(25)42-32/h3-11,14-16,37H,12-13,18H2,1-2H3. The van der Waals surface area contributed by atoms with Crippen LogP contribution in [-0.2, 0) is 11.2 Å². The summed E-state index contributed by atoms with van der Waals surface area (Å²) in [6.07, 6.45) is 3.33. The van der Waals surface area contributed by atoms with Crippen molar-refractivity contribution in [3.8, 4) is 17.6 Å². The van der Waals surface area contributed by atoms with Crippen LogP contribution < -0.4 is 9.47 Å². The topological polar surface area (TPSA) is 115 Å². The monoisotopic (exact) mass is 575 g/mol. The maximum atomic E-state index is 13.6. The number of para-hydroxylation sites is 2. The van der Waals surface area contributed by atoms with Crippen LogP contribution in [0.2, 0.25) is 0 Å². The number of thiazole rings is 1. The van der Waals surface area contributed by atoms with Gasteiger partial charge in [-0.2, -0.15) is 5.26 Å². The number of hydrogen-bond acceptors (Lipinski definition) is 9. The fourth-order valence-corrected chi connectivity index (χ4v) is 6.13. The number of esters is 1. The fourth-order valence-electron chi connectivity index (χ4n) is 5.15. The highest BCUT2D eigenvalue weighted by molar-refractivity contribution is 7.19. The smallest absolute Gasteiger partial charge is 0.339 e. The molecular weight excluding hydrogens is 550 g/mol. The lowest BCUT2D eigenvalue weighted by atomic mass is 10.0. The molecule has 0 spiro atoms. The largest absolute Gasteiger partial charge is 0.507 e. The van der Waals surface area contributed by atoms with Crippen LogP contribution in [0.25, 0.3) is 38.3 Å². The summed E-state index contributed by atoms with van der Waals surface area (Å²) in [4.78, 5) is 23.0. The van der Waals surface area contributed by atoms with Gasteiger partial charge >= 0.3 is 5.97 Å². The molecule has 9 heteroatoms. The van der Waals surface area contributed by atoms with E-state index in [9.17, 15) is 15.2 Å². The minimum absolute atomic E-state index is 0.0195. The number of nitrogens with zero attached hydrogens (tertiary/aromatic N) is 3. The number of pyridine rings is 1. The van der Waals surface area contributed by atoms with E-state index in [0.29, 0.717) is 45.8 Å². The predicted molar refractivity (Wildman–Crippen MR) is 163 cm³/mol. The van der Waals surface area contributed by atoms with Crippen molar-refractivity contribution < 1.29 is 24.1 Å². The zero-order valence-electron chi connectivity index (χ0n) is 22.9. The third-order valence-electron chi connectivity index (χ3n) is 7.14. The molecule has 2 aromatic heterocycles. The average Bonchev–Trinajstić information content (AvgIpc) is 3.62. The lowest BCUT2D eigenvalue weighted by Gasteiger charge is -2.13. The number of methoxy groups -OCH3 is 2. The quantitative estimate of drug-likeness (QED) is 0.125. The van der Waals surface area contributed by atoms with Crippen LogP contribution in [0.15, 0.2) is 72.5 Å². The van der Waals surface area contributed by atoms with Crippen molar-refractivity contribution in [1.82, 2.24) is 9.97 Å². The number of aliphatic hydroxyl groups is 1. The molecule has 0 unspecified atom stereocenters. The van der Waals surface area contributed by atoms with Crippen molar-refractivity contribution in [2.75, 3.05) is 20.8 Å². The summed E-state index contributed by atoms with van der Waals surface area (Å²) in [5.74, 6) is 0.316. The van der Waals surface area contributed by atoms with Crippen molar-refractivity contribution in [3.05, 3.63) is 99.9 Å². The van der Waals surface area contributed by atoms with E-state index in [-0.39, 0.29) is 11.3 Å². The molecule has 0 radical (unpaired) electrons. The second-order valence-electron chi connectivity index (χ2n) is 9.61. The van der Waals surface area contributed by atoms with Gasteiger partial charge in [-0.15, -0.1) is 11.3 Å². The zero-order chi connectivity index (χ0) is 29.2. The summed E-state index contributed by atoms with van der Waals surface area (Å²) < 4.78 is 17.3. The molecule has 8 nitrogen and oxygen atoms in total. The first-order valence-corrected chi connectivity index (χ1v) is 14.0. The van der Waals surface area contributed by atoms with E-state index in [1.807, 2.05) is 78.9 Å². The van der Waals surface area contributed by atoms with Gasteiger partial charge in [-0.3, -0.25) is 0 Å². The van der Waals surface area contributed by atoms with E-state index in [1.165, 1.54) is 11.3 Å². The Morgan fingerprint density at radius 3 is 2.52 bits per heavy atom. The third-order valence-corrected chi connectivity index (χ3v) is 8.20. The Hall–Kier alpha value is -5.20. The normalized spacial score (nSPS) is 14.0. The first-order valence-electron chi connectivity index (χ1n) is 13.2. The lowest BCUT2D eigenvalue weighted by molar-refractivity contribution is 0.0504. The molecule has 42 heavy (non-hydrogen) atoms. The Morgan fingerprint density at radius 1 is 1.00 bits per heavy atom. The van der Waals surface area contributed by atoms with Crippen molar-refractivity contribution in [2.45, 2.75) is 12.8 Å². The van der Waals surface area contributed by atoms with E-state index in [4.69, 9.17) is 19.2 Å². The molecule has 1 aliphatic rings. The Labute approximate surface area is 245 Å². The van der Waals surface area contributed by atoms with Gasteiger partial charge in [0.1, 0.15) is 23.3 Å². The molecule has 0 atom stereocenters. The number of rotatable bonds is 7. The Morgan fingerprint density at radius 2 is 1.76 bits per heavy atom. The van der Waals surface area contributed by atoms with Crippen LogP contribution in [0.4, 0.5) is 0 Å². The van der Waals surface area contributed by atoms with Gasteiger partial charge in [-0.1, -0.05) is 36.4 Å². The van der Waals surface area contributed by atoms with Gasteiger partial charge in [0.15, 0.2) is 17.3 Å². The third kappa shape index (κ3) is 4.93. The molecule has 3 aromatic carbocycles. The molecule has 208 valence electrons. The van der Waals surface area contributed by atoms with Gasteiger partial charge < -0.3 is 19.3 Å². The van der Waals surface area contributed by atoms with Crippen LogP contribution >= 0.6 is 11.3 Å². The number of aliphatic hydroxyl groups excluding tert-OH is 1. The minimum Gasteiger partial charge on any atom is -0.507 e. The maximum Gasteiger partial charge on any atom is 0.339 e. The molecule has 0 fully saturated rings. The molecule has 0 saturated carbocycles. The van der Waals surface area contributed by atoms with Crippen LogP contribution in [0.3, 0.4) is 0 Å². The Kier molecular flexibility index (Phi) is 7.30. The number of allylic oxidation sites excluding steroid dienone is 2. The number of carbonyl (C=O) groups excluding carboxylic acids is 1. The van der Waals surface area contributed by atoms with E-state index >= 15 is 0 Å². The maximum absolute atomic E-state index is 13.6. The highest BCUT2D eigenvalue weighted by atomic mass is 32.1. The summed E-state index contributed by atoms with van der Waals surface area (Å²) in [6, 6.07) is 22.6. The van der Waals surface area contributed by atoms with E-state index in [2.05, 4.69) is 4.98 Å². The lowest BCUT2D eigenvalue weighted by Crippen LogP contribution is -2.13. The fraction of sp³-hybridized carbons (Fsp3) is 0.152. The summed E-state index contributed by atoms with van der Waals surface area (Å²) in [6.45, 7) is -0.461. The van der Waals surface area contributed by atoms with E-state index in [0.717, 1.165) is 32.6 Å². The van der Waals surface area contributed by atoms with Gasteiger partial charge in [0.05, 0.1) is 41.2 Å². The van der Waals surface area contributed by atoms with Crippen molar-refractivity contribution >= 4 is 55.6 Å². The number of nitriles is 1. The summed E-state index contributed by atoms with van der Waals surface area (Å²) in [5, 5.41) is 21.6. The molecule has 6 rings (SSSR count). The molecule has 1 N–H and O–H groups in total. The predicted octanol–water partition coefficient (Wildman–Crippen LogP) is 7.00. The van der Waals surface area contributed by atoms with Gasteiger partial charge in [0.25, 0.3) is 0 Å². The number of fused-ring (bicyclic) bond motifs is 3. The Bertz CT molecular complexity index is 1940. The van der Waals surface area contributed by atoms with E-state index < -0.39 is 12.6 Å². The first-order chi connectivity index (χ1) is 20.5. The average molecular weight is 576 g/mol. The molecule has 0 aliphatic heterocycles. The molecule has 0 bridgehead atoms. The van der Waals surface area contributed by atoms with Gasteiger partial charge in [0.2, 0.25) is 0 Å². The number of carbonyl (C=O) groups is 1. The SMILES string of the molecule is COc1ccc(C=C2CCc3c2nc2ccccc2c3C(=O)OCC(O)=C(C#N)c2nc3ccccc3s2)cc1OC. The number of ether oxygens (including phenoxy) is 3. The van der Waals surface area contributed by atoms with Crippen molar-refractivity contribution in [1.29, 1.82) is 5.26 Å². The highest BCUT2D eigenvalue weighted by Crippen LogP contribution is 2.39. The molecule has 0 amide bonds. The Balaban J connectivity index is 1.34. The summed E-state index contributed by atoms with van der Waals surface area (Å²) in [7, 11) is 3.19. The first kappa shape index (κ1) is 27.0. The van der Waals surface area contributed by atoms with Crippen LogP contribution in [0.1, 0.15) is 38.6 Å². The zero-order valence-corrected chi connectivity index (χ0v) is 23.7.